The lowest BCUT2D eigenvalue weighted by Crippen LogP contribution is -2.10. The predicted octanol–water partition coefficient (Wildman–Crippen LogP) is 3.22. The summed E-state index contributed by atoms with van der Waals surface area (Å²) in [5.41, 5.74) is 1.64. The number of hydrogen-bond acceptors (Lipinski definition) is 3. The van der Waals surface area contributed by atoms with Crippen molar-refractivity contribution in [1.82, 2.24) is 4.98 Å². The smallest absolute Gasteiger partial charge is 0.307 e. The first kappa shape index (κ1) is 12.0. The Morgan fingerprint density at radius 3 is 2.71 bits per heavy atom. The third-order valence-electron chi connectivity index (χ3n) is 2.49. The zero-order chi connectivity index (χ0) is 12.6. The number of carbonyl (C=O) groups is 1. The summed E-state index contributed by atoms with van der Waals surface area (Å²) in [6.07, 6.45) is 0.0324. The van der Waals surface area contributed by atoms with Crippen molar-refractivity contribution in [3.8, 4) is 0 Å². The average molecular weight is 249 g/mol. The van der Waals surface area contributed by atoms with Crippen molar-refractivity contribution < 1.29 is 9.90 Å². The summed E-state index contributed by atoms with van der Waals surface area (Å²) in [5.74, 6) is -0.817. The molecule has 0 amide bonds. The van der Waals surface area contributed by atoms with E-state index in [2.05, 4.69) is 25.8 Å². The first-order chi connectivity index (χ1) is 7.88. The number of carboxylic acids is 1. The van der Waals surface area contributed by atoms with E-state index in [4.69, 9.17) is 5.11 Å². The first-order valence-corrected chi connectivity index (χ1v) is 6.30. The van der Waals surface area contributed by atoms with E-state index in [1.807, 2.05) is 18.2 Å². The van der Waals surface area contributed by atoms with Gasteiger partial charge in [-0.15, -0.1) is 11.3 Å². The van der Waals surface area contributed by atoms with Crippen molar-refractivity contribution in [2.45, 2.75) is 32.6 Å². The summed E-state index contributed by atoms with van der Waals surface area (Å²) < 4.78 is 1.06. The number of para-hydroxylation sites is 1. The van der Waals surface area contributed by atoms with Gasteiger partial charge in [-0.2, -0.15) is 0 Å². The average Bonchev–Trinajstić information content (AvgIpc) is 2.60. The van der Waals surface area contributed by atoms with Crippen LogP contribution in [0.4, 0.5) is 0 Å². The number of fused-ring (bicyclic) bond motifs is 1. The van der Waals surface area contributed by atoms with E-state index in [0.717, 1.165) is 20.8 Å². The lowest BCUT2D eigenvalue weighted by molar-refractivity contribution is -0.136. The van der Waals surface area contributed by atoms with Crippen LogP contribution in [0.1, 0.15) is 31.3 Å². The van der Waals surface area contributed by atoms with E-state index < -0.39 is 5.97 Å². The molecule has 0 saturated carbocycles. The second-order valence-electron chi connectivity index (χ2n) is 5.10. The minimum absolute atomic E-state index is 0.00415. The van der Waals surface area contributed by atoms with E-state index in [-0.39, 0.29) is 11.8 Å². The Hall–Kier alpha value is -1.42. The van der Waals surface area contributed by atoms with Crippen molar-refractivity contribution in [3.05, 3.63) is 28.8 Å². The molecule has 0 unspecified atom stereocenters. The molecule has 0 radical (unpaired) electrons. The number of benzene rings is 1. The van der Waals surface area contributed by atoms with Crippen LogP contribution in [0.25, 0.3) is 10.2 Å². The molecule has 1 aromatic carbocycles. The fourth-order valence-electron chi connectivity index (χ4n) is 1.63. The number of aliphatic carboxylic acids is 1. The molecule has 1 aromatic heterocycles. The molecule has 17 heavy (non-hydrogen) atoms. The summed E-state index contributed by atoms with van der Waals surface area (Å²) in [5, 5.41) is 9.92. The van der Waals surface area contributed by atoms with Crippen molar-refractivity contribution >= 4 is 27.5 Å². The highest BCUT2D eigenvalue weighted by atomic mass is 32.1. The van der Waals surface area contributed by atoms with Crippen molar-refractivity contribution in [3.63, 3.8) is 0 Å². The Morgan fingerprint density at radius 1 is 1.41 bits per heavy atom. The Morgan fingerprint density at radius 2 is 2.12 bits per heavy atom. The summed E-state index contributed by atoms with van der Waals surface area (Å²) in [4.78, 5) is 15.4. The molecule has 0 atom stereocenters. The Kier molecular flexibility index (Phi) is 2.91. The van der Waals surface area contributed by atoms with Gasteiger partial charge in [0.2, 0.25) is 0 Å². The number of nitrogens with zero attached hydrogens (tertiary/aromatic N) is 1. The molecule has 0 spiro atoms. The topological polar surface area (TPSA) is 50.2 Å². The summed E-state index contributed by atoms with van der Waals surface area (Å²) in [7, 11) is 0. The van der Waals surface area contributed by atoms with Crippen LogP contribution >= 0.6 is 11.3 Å². The van der Waals surface area contributed by atoms with Gasteiger partial charge in [0.15, 0.2) is 0 Å². The number of thiazole rings is 1. The van der Waals surface area contributed by atoms with Gasteiger partial charge in [0.1, 0.15) is 0 Å². The minimum atomic E-state index is -0.817. The number of hydrogen-bond donors (Lipinski definition) is 1. The van der Waals surface area contributed by atoms with Gasteiger partial charge in [-0.1, -0.05) is 32.9 Å². The highest BCUT2D eigenvalue weighted by Crippen LogP contribution is 2.32. The molecule has 0 saturated heterocycles. The molecule has 2 rings (SSSR count). The molecule has 2 aromatic rings. The van der Waals surface area contributed by atoms with Crippen LogP contribution in [-0.4, -0.2) is 16.1 Å². The van der Waals surface area contributed by atoms with Gasteiger partial charge in [0.25, 0.3) is 0 Å². The fourth-order valence-corrected chi connectivity index (χ4v) is 2.70. The number of carboxylic acid groups (broad SMARTS) is 1. The molecule has 0 fully saturated rings. The van der Waals surface area contributed by atoms with Gasteiger partial charge in [-0.3, -0.25) is 4.79 Å². The Labute approximate surface area is 104 Å². The third-order valence-corrected chi connectivity index (χ3v) is 3.93. The molecule has 4 heteroatoms. The molecule has 0 aliphatic heterocycles. The molecule has 3 nitrogen and oxygen atoms in total. The van der Waals surface area contributed by atoms with Gasteiger partial charge in [-0.05, 0) is 11.6 Å². The van der Waals surface area contributed by atoms with E-state index >= 15 is 0 Å². The summed E-state index contributed by atoms with van der Waals surface area (Å²) >= 11 is 1.64. The predicted molar refractivity (Wildman–Crippen MR) is 69.7 cm³/mol. The van der Waals surface area contributed by atoms with Crippen LogP contribution in [0, 0.1) is 0 Å². The van der Waals surface area contributed by atoms with E-state index in [1.54, 1.807) is 11.3 Å². The summed E-state index contributed by atoms with van der Waals surface area (Å²) in [6.45, 7) is 6.34. The zero-order valence-corrected chi connectivity index (χ0v) is 11.0. The fraction of sp³-hybridized carbons (Fsp3) is 0.385. The molecule has 1 N–H and O–H groups in total. The van der Waals surface area contributed by atoms with Gasteiger partial charge in [-0.25, -0.2) is 4.98 Å². The molecule has 90 valence electrons. The lowest BCUT2D eigenvalue weighted by Gasteiger charge is -2.13. The molecular weight excluding hydrogens is 234 g/mol. The van der Waals surface area contributed by atoms with E-state index in [1.165, 1.54) is 0 Å². The quantitative estimate of drug-likeness (QED) is 0.889. The maximum Gasteiger partial charge on any atom is 0.307 e. The monoisotopic (exact) mass is 249 g/mol. The normalized spacial score (nSPS) is 11.9. The second kappa shape index (κ2) is 4.11. The Balaban J connectivity index is 2.57. The molecule has 1 heterocycles. The van der Waals surface area contributed by atoms with Gasteiger partial charge >= 0.3 is 5.97 Å². The van der Waals surface area contributed by atoms with Crippen LogP contribution in [0.3, 0.4) is 0 Å². The van der Waals surface area contributed by atoms with Gasteiger partial charge < -0.3 is 5.11 Å². The van der Waals surface area contributed by atoms with Gasteiger partial charge in [0, 0.05) is 5.41 Å². The first-order valence-electron chi connectivity index (χ1n) is 5.48. The Bertz CT molecular complexity index is 566. The largest absolute Gasteiger partial charge is 0.481 e. The van der Waals surface area contributed by atoms with E-state index in [0.29, 0.717) is 0 Å². The number of rotatable bonds is 2. The highest BCUT2D eigenvalue weighted by Gasteiger charge is 2.20. The second-order valence-corrected chi connectivity index (χ2v) is 6.13. The van der Waals surface area contributed by atoms with Crippen LogP contribution in [0.2, 0.25) is 0 Å². The van der Waals surface area contributed by atoms with Crippen LogP contribution in [0.5, 0.6) is 0 Å². The number of aromatic nitrogens is 1. The van der Waals surface area contributed by atoms with Crippen molar-refractivity contribution in [2.24, 2.45) is 0 Å². The maximum absolute atomic E-state index is 10.8. The van der Waals surface area contributed by atoms with Crippen LogP contribution in [-0.2, 0) is 16.6 Å². The lowest BCUT2D eigenvalue weighted by atomic mass is 9.98. The maximum atomic E-state index is 10.8. The molecule has 0 bridgehead atoms. The third kappa shape index (κ3) is 2.47. The van der Waals surface area contributed by atoms with E-state index in [9.17, 15) is 4.79 Å². The minimum Gasteiger partial charge on any atom is -0.481 e. The zero-order valence-electron chi connectivity index (χ0n) is 10.2. The SMILES string of the molecule is CC(C)(C)c1nc2c(CC(=O)O)cccc2s1. The summed E-state index contributed by atoms with van der Waals surface area (Å²) in [6, 6.07) is 5.72. The standard InChI is InChI=1S/C13H15NO2S/c1-13(2,3)12-14-11-8(7-10(15)16)5-4-6-9(11)17-12/h4-6H,7H2,1-3H3,(H,15,16). The van der Waals surface area contributed by atoms with Gasteiger partial charge in [0.05, 0.1) is 21.6 Å². The highest BCUT2D eigenvalue weighted by molar-refractivity contribution is 7.18. The molecule has 0 aliphatic carbocycles. The molecular formula is C13H15NO2S. The molecule has 0 aliphatic rings. The van der Waals surface area contributed by atoms with Crippen molar-refractivity contribution in [1.29, 1.82) is 0 Å². The van der Waals surface area contributed by atoms with Crippen LogP contribution < -0.4 is 0 Å². The van der Waals surface area contributed by atoms with Crippen molar-refractivity contribution in [2.75, 3.05) is 0 Å². The van der Waals surface area contributed by atoms with Crippen LogP contribution in [0.15, 0.2) is 18.2 Å².